The molecule has 0 aliphatic heterocycles. The van der Waals surface area contributed by atoms with E-state index in [1.54, 1.807) is 0 Å². The topological polar surface area (TPSA) is 18.5 Å². The minimum Gasteiger partial charge on any atom is -0.490 e. The molecular weight excluding hydrogens is 613 g/mol. The van der Waals surface area contributed by atoms with E-state index in [1.807, 2.05) is 0 Å². The Morgan fingerprint density at radius 3 is 1.79 bits per heavy atom. The predicted molar refractivity (Wildman–Crippen MR) is 167 cm³/mol. The fourth-order valence-electron chi connectivity index (χ4n) is 6.40. The van der Waals surface area contributed by atoms with Gasteiger partial charge in [-0.15, -0.1) is 0 Å². The van der Waals surface area contributed by atoms with Crippen molar-refractivity contribution in [2.45, 2.75) is 129 Å². The zero-order valence-corrected chi connectivity index (χ0v) is 27.8. The van der Waals surface area contributed by atoms with Gasteiger partial charge in [-0.25, -0.2) is 0 Å². The molecule has 0 N–H and O–H groups in total. The Kier molecular flexibility index (Phi) is 13.4. The number of benzene rings is 2. The zero-order chi connectivity index (χ0) is 27.1. The van der Waals surface area contributed by atoms with E-state index < -0.39 is 0 Å². The first kappa shape index (κ1) is 32.7. The smallest absolute Gasteiger partial charge is 0.490 e. The summed E-state index contributed by atoms with van der Waals surface area (Å²) in [5, 5.41) is 2.45. The number of halogens is 1. The molecule has 4 rings (SSSR count). The van der Waals surface area contributed by atoms with Gasteiger partial charge in [0.05, 0.1) is 17.8 Å². The van der Waals surface area contributed by atoms with E-state index in [2.05, 4.69) is 77.1 Å². The summed E-state index contributed by atoms with van der Waals surface area (Å²) >= 11 is 7.11. The first-order valence-electron chi connectivity index (χ1n) is 15.1. The van der Waals surface area contributed by atoms with Crippen LogP contribution in [0.1, 0.15) is 104 Å². The van der Waals surface area contributed by atoms with Gasteiger partial charge < -0.3 is 9.47 Å². The SMILES string of the molecule is CC=CCc1c(Cl)ccc(-c2c(OC(C)C)cccc2OC(C)C)c1P(C1CCCCC1)C1CCCCC1.[Pd+2]. The van der Waals surface area contributed by atoms with Crippen molar-refractivity contribution in [2.75, 3.05) is 0 Å². The van der Waals surface area contributed by atoms with Gasteiger partial charge in [0.25, 0.3) is 0 Å². The van der Waals surface area contributed by atoms with Crippen molar-refractivity contribution in [1.82, 2.24) is 0 Å². The van der Waals surface area contributed by atoms with Crippen LogP contribution in [0, 0.1) is 0 Å². The Bertz CT molecular complexity index is 1020. The molecule has 2 fully saturated rings. The Balaban J connectivity index is 0.00000420. The first-order chi connectivity index (χ1) is 18.4. The van der Waals surface area contributed by atoms with Gasteiger partial charge in [0, 0.05) is 5.02 Å². The molecule has 0 saturated heterocycles. The van der Waals surface area contributed by atoms with Gasteiger partial charge in [-0.3, -0.25) is 0 Å². The summed E-state index contributed by atoms with van der Waals surface area (Å²) < 4.78 is 13.0. The third kappa shape index (κ3) is 8.35. The molecule has 2 aliphatic carbocycles. The first-order valence-corrected chi connectivity index (χ1v) is 16.9. The fourth-order valence-corrected chi connectivity index (χ4v) is 10.9. The van der Waals surface area contributed by atoms with Crippen molar-refractivity contribution in [3.8, 4) is 22.6 Å². The van der Waals surface area contributed by atoms with Crippen LogP contribution in [0.5, 0.6) is 11.5 Å². The summed E-state index contributed by atoms with van der Waals surface area (Å²) in [7, 11) is -0.385. The second-order valence-electron chi connectivity index (χ2n) is 11.6. The van der Waals surface area contributed by atoms with Crippen molar-refractivity contribution in [1.29, 1.82) is 0 Å². The molecule has 5 heteroatoms. The number of hydrogen-bond acceptors (Lipinski definition) is 2. The normalized spacial score (nSPS) is 17.3. The van der Waals surface area contributed by atoms with Crippen LogP contribution in [0.2, 0.25) is 5.02 Å². The molecule has 216 valence electrons. The maximum absolute atomic E-state index is 7.11. The van der Waals surface area contributed by atoms with Crippen molar-refractivity contribution < 1.29 is 29.9 Å². The summed E-state index contributed by atoms with van der Waals surface area (Å²) in [5.74, 6) is 1.84. The van der Waals surface area contributed by atoms with E-state index in [0.29, 0.717) is 0 Å². The van der Waals surface area contributed by atoms with Crippen LogP contribution in [0.25, 0.3) is 11.1 Å². The Morgan fingerprint density at radius 1 is 0.821 bits per heavy atom. The van der Waals surface area contributed by atoms with Crippen LogP contribution in [-0.2, 0) is 26.8 Å². The molecule has 2 saturated carbocycles. The molecule has 0 radical (unpaired) electrons. The average molecular weight is 662 g/mol. The molecule has 2 nitrogen and oxygen atoms in total. The van der Waals surface area contributed by atoms with E-state index in [-0.39, 0.29) is 40.6 Å². The van der Waals surface area contributed by atoms with Crippen LogP contribution >= 0.6 is 19.5 Å². The second-order valence-corrected chi connectivity index (χ2v) is 14.8. The van der Waals surface area contributed by atoms with E-state index in [4.69, 9.17) is 21.1 Å². The quantitative estimate of drug-likeness (QED) is 0.143. The summed E-state index contributed by atoms with van der Waals surface area (Å²) in [5.41, 5.74) is 5.29. The van der Waals surface area contributed by atoms with Gasteiger partial charge in [0.15, 0.2) is 0 Å². The van der Waals surface area contributed by atoms with Crippen LogP contribution in [-0.4, -0.2) is 23.5 Å². The van der Waals surface area contributed by atoms with Crippen molar-refractivity contribution in [3.63, 3.8) is 0 Å². The van der Waals surface area contributed by atoms with Crippen molar-refractivity contribution >= 4 is 24.8 Å². The zero-order valence-electron chi connectivity index (χ0n) is 24.6. The van der Waals surface area contributed by atoms with Crippen LogP contribution in [0.4, 0.5) is 0 Å². The number of ether oxygens (including phenoxy) is 2. The maximum atomic E-state index is 7.11. The van der Waals surface area contributed by atoms with Gasteiger partial charge in [-0.2, -0.15) is 0 Å². The molecule has 0 unspecified atom stereocenters. The molecule has 0 atom stereocenters. The van der Waals surface area contributed by atoms with Gasteiger partial charge in [-0.05, 0) is 113 Å². The standard InChI is InChI=1S/C34H48ClO2P.Pd/c1-6-7-19-28-30(35)23-22-29(33-31(36-24(2)3)20-14-21-32(33)37-25(4)5)34(28)38(26-15-10-8-11-16-26)27-17-12-9-13-18-27;/h6-7,14,20-27H,8-13,15-19H2,1-5H3;/q;+2. The molecular formula is C34H48ClO2PPd+2. The third-order valence-corrected chi connectivity index (χ3v) is 11.9. The summed E-state index contributed by atoms with van der Waals surface area (Å²) in [6, 6.07) is 10.7. The van der Waals surface area contributed by atoms with E-state index >= 15 is 0 Å². The number of allylic oxidation sites excluding steroid dienone is 2. The Morgan fingerprint density at radius 2 is 1.33 bits per heavy atom. The van der Waals surface area contributed by atoms with E-state index in [1.165, 1.54) is 80.6 Å². The minimum absolute atomic E-state index is 0. The van der Waals surface area contributed by atoms with Gasteiger partial charge in [-0.1, -0.05) is 82.3 Å². The molecule has 0 aromatic heterocycles. The monoisotopic (exact) mass is 660 g/mol. The minimum atomic E-state index is -0.385. The second kappa shape index (κ2) is 16.0. The van der Waals surface area contributed by atoms with Crippen LogP contribution in [0.15, 0.2) is 42.5 Å². The molecule has 0 spiro atoms. The molecule has 39 heavy (non-hydrogen) atoms. The summed E-state index contributed by atoms with van der Waals surface area (Å²) in [6.45, 7) is 10.5. The maximum Gasteiger partial charge on any atom is 2.00 e. The molecule has 0 amide bonds. The molecule has 2 aromatic carbocycles. The predicted octanol–water partition coefficient (Wildman–Crippen LogP) is 10.5. The molecule has 0 bridgehead atoms. The van der Waals surface area contributed by atoms with E-state index in [0.717, 1.165) is 39.8 Å². The molecule has 2 aliphatic rings. The van der Waals surface area contributed by atoms with Crippen molar-refractivity contribution in [2.24, 2.45) is 0 Å². The fraction of sp³-hybridized carbons (Fsp3) is 0.588. The van der Waals surface area contributed by atoms with Crippen LogP contribution in [0.3, 0.4) is 0 Å². The van der Waals surface area contributed by atoms with E-state index in [9.17, 15) is 0 Å². The Labute approximate surface area is 258 Å². The molecule has 2 aromatic rings. The average Bonchev–Trinajstić information content (AvgIpc) is 2.90. The van der Waals surface area contributed by atoms with Gasteiger partial charge >= 0.3 is 20.4 Å². The van der Waals surface area contributed by atoms with Gasteiger partial charge in [0.1, 0.15) is 11.5 Å². The number of hydrogen-bond donors (Lipinski definition) is 0. The third-order valence-electron chi connectivity index (χ3n) is 7.96. The Hall–Kier alpha value is -0.838. The summed E-state index contributed by atoms with van der Waals surface area (Å²) in [4.78, 5) is 0. The summed E-state index contributed by atoms with van der Waals surface area (Å²) in [6.07, 6.45) is 19.2. The van der Waals surface area contributed by atoms with Crippen LogP contribution < -0.4 is 14.8 Å². The molecule has 0 heterocycles. The van der Waals surface area contributed by atoms with Gasteiger partial charge in [0.2, 0.25) is 0 Å². The number of rotatable bonds is 10. The largest absolute Gasteiger partial charge is 2.00 e. The van der Waals surface area contributed by atoms with Crippen molar-refractivity contribution in [3.05, 3.63) is 53.1 Å².